The predicted molar refractivity (Wildman–Crippen MR) is 81.5 cm³/mol. The average Bonchev–Trinajstić information content (AvgIpc) is 2.81. The van der Waals surface area contributed by atoms with Crippen LogP contribution in [0.5, 0.6) is 0 Å². The summed E-state index contributed by atoms with van der Waals surface area (Å²) in [5.41, 5.74) is 0.274. The van der Waals surface area contributed by atoms with E-state index in [1.807, 2.05) is 11.3 Å². The first-order chi connectivity index (χ1) is 8.68. The van der Waals surface area contributed by atoms with E-state index in [2.05, 4.69) is 36.7 Å². The van der Waals surface area contributed by atoms with Crippen LogP contribution in [0.2, 0.25) is 0 Å². The van der Waals surface area contributed by atoms with Gasteiger partial charge in [0.25, 0.3) is 0 Å². The highest BCUT2D eigenvalue weighted by Gasteiger charge is 2.23. The lowest BCUT2D eigenvalue weighted by Gasteiger charge is -2.28. The van der Waals surface area contributed by atoms with Crippen molar-refractivity contribution < 1.29 is 0 Å². The van der Waals surface area contributed by atoms with Crippen molar-refractivity contribution in [2.45, 2.75) is 70.3 Å². The van der Waals surface area contributed by atoms with Gasteiger partial charge in [0.1, 0.15) is 0 Å². The molecule has 102 valence electrons. The molecule has 2 heteroatoms. The molecule has 0 amide bonds. The standard InChI is InChI=1S/C16H27NS/c1-16(2,15-11-8-12-18-15)13-17-14-9-6-4-3-5-7-10-14/h8,11-12,14,17H,3-7,9-10,13H2,1-2H3. The number of rotatable bonds is 4. The molecule has 2 rings (SSSR count). The Balaban J connectivity index is 1.82. The monoisotopic (exact) mass is 265 g/mol. The van der Waals surface area contributed by atoms with Gasteiger partial charge in [-0.25, -0.2) is 0 Å². The minimum atomic E-state index is 0.274. The number of thiophene rings is 1. The van der Waals surface area contributed by atoms with Gasteiger partial charge in [-0.15, -0.1) is 11.3 Å². The van der Waals surface area contributed by atoms with E-state index >= 15 is 0 Å². The van der Waals surface area contributed by atoms with Gasteiger partial charge < -0.3 is 5.32 Å². The second kappa shape index (κ2) is 6.72. The summed E-state index contributed by atoms with van der Waals surface area (Å²) in [7, 11) is 0. The van der Waals surface area contributed by atoms with E-state index in [0.29, 0.717) is 0 Å². The van der Waals surface area contributed by atoms with Crippen molar-refractivity contribution >= 4 is 11.3 Å². The quantitative estimate of drug-likeness (QED) is 0.830. The third-order valence-electron chi connectivity index (χ3n) is 4.13. The Morgan fingerprint density at radius 1 is 1.17 bits per heavy atom. The molecule has 18 heavy (non-hydrogen) atoms. The fourth-order valence-electron chi connectivity index (χ4n) is 2.81. The molecule has 1 aromatic heterocycles. The van der Waals surface area contributed by atoms with Crippen LogP contribution in [0.4, 0.5) is 0 Å². The molecular weight excluding hydrogens is 238 g/mol. The molecule has 1 aliphatic rings. The smallest absolute Gasteiger partial charge is 0.0115 e. The van der Waals surface area contributed by atoms with Gasteiger partial charge in [0.05, 0.1) is 0 Å². The third-order valence-corrected chi connectivity index (χ3v) is 5.36. The molecule has 0 bridgehead atoms. The molecule has 1 aliphatic carbocycles. The van der Waals surface area contributed by atoms with Crippen molar-refractivity contribution in [1.82, 2.24) is 5.32 Å². The van der Waals surface area contributed by atoms with E-state index in [0.717, 1.165) is 12.6 Å². The van der Waals surface area contributed by atoms with Gasteiger partial charge in [0.2, 0.25) is 0 Å². The van der Waals surface area contributed by atoms with E-state index in [1.54, 1.807) is 0 Å². The lowest BCUT2D eigenvalue weighted by molar-refractivity contribution is 0.357. The fourth-order valence-corrected chi connectivity index (χ4v) is 3.66. The summed E-state index contributed by atoms with van der Waals surface area (Å²) in [6.07, 6.45) is 9.90. The molecule has 0 radical (unpaired) electrons. The van der Waals surface area contributed by atoms with Crippen molar-refractivity contribution in [2.75, 3.05) is 6.54 Å². The molecule has 1 heterocycles. The maximum atomic E-state index is 3.82. The minimum absolute atomic E-state index is 0.274. The molecule has 0 atom stereocenters. The van der Waals surface area contributed by atoms with Gasteiger partial charge in [0.15, 0.2) is 0 Å². The number of nitrogens with one attached hydrogen (secondary N) is 1. The molecule has 1 N–H and O–H groups in total. The SMILES string of the molecule is CC(C)(CNC1CCCCCCC1)c1cccs1. The Kier molecular flexibility index (Phi) is 5.25. The molecule has 1 fully saturated rings. The van der Waals surface area contributed by atoms with E-state index in [4.69, 9.17) is 0 Å². The highest BCUT2D eigenvalue weighted by Crippen LogP contribution is 2.27. The van der Waals surface area contributed by atoms with E-state index < -0.39 is 0 Å². The normalized spacial score (nSPS) is 19.4. The largest absolute Gasteiger partial charge is 0.313 e. The summed E-state index contributed by atoms with van der Waals surface area (Å²) >= 11 is 1.88. The van der Waals surface area contributed by atoms with Gasteiger partial charge in [-0.3, -0.25) is 0 Å². The van der Waals surface area contributed by atoms with Crippen LogP contribution in [0.3, 0.4) is 0 Å². The van der Waals surface area contributed by atoms with Crippen LogP contribution in [0.25, 0.3) is 0 Å². The second-order valence-electron chi connectivity index (χ2n) is 6.28. The summed E-state index contributed by atoms with van der Waals surface area (Å²) < 4.78 is 0. The molecule has 0 aliphatic heterocycles. The van der Waals surface area contributed by atoms with E-state index in [-0.39, 0.29) is 5.41 Å². The molecule has 0 unspecified atom stereocenters. The second-order valence-corrected chi connectivity index (χ2v) is 7.23. The summed E-state index contributed by atoms with van der Waals surface area (Å²) in [5.74, 6) is 0. The van der Waals surface area contributed by atoms with E-state index in [1.165, 1.54) is 49.8 Å². The Bertz CT molecular complexity index is 321. The first-order valence-electron chi connectivity index (χ1n) is 7.46. The highest BCUT2D eigenvalue weighted by molar-refractivity contribution is 7.10. The molecular formula is C16H27NS. The zero-order valence-corrected chi connectivity index (χ0v) is 12.7. The van der Waals surface area contributed by atoms with Crippen LogP contribution in [0, 0.1) is 0 Å². The van der Waals surface area contributed by atoms with Crippen LogP contribution in [-0.2, 0) is 5.41 Å². The van der Waals surface area contributed by atoms with E-state index in [9.17, 15) is 0 Å². The zero-order valence-electron chi connectivity index (χ0n) is 11.9. The van der Waals surface area contributed by atoms with Gasteiger partial charge in [-0.05, 0) is 24.3 Å². The van der Waals surface area contributed by atoms with Crippen LogP contribution >= 0.6 is 11.3 Å². The summed E-state index contributed by atoms with van der Waals surface area (Å²) in [5, 5.41) is 6.01. The van der Waals surface area contributed by atoms with Crippen LogP contribution in [-0.4, -0.2) is 12.6 Å². The predicted octanol–water partition coefficient (Wildman–Crippen LogP) is 4.73. The van der Waals surface area contributed by atoms with Crippen molar-refractivity contribution in [3.8, 4) is 0 Å². The molecule has 1 aromatic rings. The van der Waals surface area contributed by atoms with Crippen molar-refractivity contribution in [3.05, 3.63) is 22.4 Å². The van der Waals surface area contributed by atoms with Gasteiger partial charge in [-0.1, -0.05) is 52.0 Å². The third kappa shape index (κ3) is 4.10. The molecule has 0 aromatic carbocycles. The maximum absolute atomic E-state index is 3.82. The molecule has 1 nitrogen and oxygen atoms in total. The Hall–Kier alpha value is -0.340. The molecule has 0 saturated heterocycles. The maximum Gasteiger partial charge on any atom is 0.0115 e. The Morgan fingerprint density at radius 2 is 1.83 bits per heavy atom. The fraction of sp³-hybridized carbons (Fsp3) is 0.750. The highest BCUT2D eigenvalue weighted by atomic mass is 32.1. The Labute approximate surface area is 116 Å². The summed E-state index contributed by atoms with van der Waals surface area (Å²) in [6, 6.07) is 5.19. The van der Waals surface area contributed by atoms with Crippen molar-refractivity contribution in [1.29, 1.82) is 0 Å². The first-order valence-corrected chi connectivity index (χ1v) is 8.34. The van der Waals surface area contributed by atoms with Crippen LogP contribution in [0.15, 0.2) is 17.5 Å². The van der Waals surface area contributed by atoms with Crippen LogP contribution in [0.1, 0.15) is 63.7 Å². The Morgan fingerprint density at radius 3 is 2.44 bits per heavy atom. The number of hydrogen-bond donors (Lipinski definition) is 1. The van der Waals surface area contributed by atoms with Gasteiger partial charge in [-0.2, -0.15) is 0 Å². The number of hydrogen-bond acceptors (Lipinski definition) is 2. The van der Waals surface area contributed by atoms with Gasteiger partial charge >= 0.3 is 0 Å². The molecule has 0 spiro atoms. The first kappa shape index (κ1) is 14.1. The summed E-state index contributed by atoms with van der Waals surface area (Å²) in [4.78, 5) is 1.50. The zero-order chi connectivity index (χ0) is 12.8. The summed E-state index contributed by atoms with van der Waals surface area (Å²) in [6.45, 7) is 5.82. The van der Waals surface area contributed by atoms with Crippen molar-refractivity contribution in [2.24, 2.45) is 0 Å². The lowest BCUT2D eigenvalue weighted by Crippen LogP contribution is -2.39. The average molecular weight is 265 g/mol. The minimum Gasteiger partial charge on any atom is -0.313 e. The molecule has 1 saturated carbocycles. The van der Waals surface area contributed by atoms with Crippen LogP contribution < -0.4 is 5.32 Å². The van der Waals surface area contributed by atoms with Gasteiger partial charge in [0, 0.05) is 22.9 Å². The van der Waals surface area contributed by atoms with Crippen molar-refractivity contribution in [3.63, 3.8) is 0 Å². The lowest BCUT2D eigenvalue weighted by atomic mass is 9.90. The topological polar surface area (TPSA) is 12.0 Å².